The van der Waals surface area contributed by atoms with E-state index in [4.69, 9.17) is 9.31 Å². The maximum Gasteiger partial charge on any atom is 0.514 e. The molecule has 0 aromatic carbocycles. The standard InChI is InChI=1S/C13H20BNO3/c1-9(16)10-7-6-8-11(15-10)14-17-12(2,3)13(4,5)18-14/h6-9,16H,1-5H3/t9-/m1/s1. The highest BCUT2D eigenvalue weighted by atomic mass is 16.7. The Labute approximate surface area is 108 Å². The quantitative estimate of drug-likeness (QED) is 0.805. The van der Waals surface area contributed by atoms with Crippen molar-refractivity contribution in [3.8, 4) is 0 Å². The Bertz CT molecular complexity index is 430. The zero-order chi connectivity index (χ0) is 13.6. The van der Waals surface area contributed by atoms with Crippen molar-refractivity contribution in [2.45, 2.75) is 51.9 Å². The number of nitrogens with zero attached hydrogens (tertiary/aromatic N) is 1. The Morgan fingerprint density at radius 3 is 2.22 bits per heavy atom. The minimum absolute atomic E-state index is 0.375. The largest absolute Gasteiger partial charge is 0.514 e. The Kier molecular flexibility index (Phi) is 3.26. The van der Waals surface area contributed by atoms with Crippen LogP contribution in [-0.4, -0.2) is 28.4 Å². The molecule has 0 radical (unpaired) electrons. The van der Waals surface area contributed by atoms with E-state index in [-0.39, 0.29) is 11.2 Å². The van der Waals surface area contributed by atoms with Crippen molar-refractivity contribution < 1.29 is 14.4 Å². The molecule has 5 heteroatoms. The summed E-state index contributed by atoms with van der Waals surface area (Å²) >= 11 is 0. The molecule has 0 amide bonds. The summed E-state index contributed by atoms with van der Waals surface area (Å²) in [6.07, 6.45) is -0.590. The monoisotopic (exact) mass is 249 g/mol. The van der Waals surface area contributed by atoms with E-state index >= 15 is 0 Å². The predicted molar refractivity (Wildman–Crippen MR) is 70.6 cm³/mol. The van der Waals surface area contributed by atoms with Crippen molar-refractivity contribution in [2.24, 2.45) is 0 Å². The van der Waals surface area contributed by atoms with Gasteiger partial charge in [0.25, 0.3) is 0 Å². The first-order valence-corrected chi connectivity index (χ1v) is 6.23. The minimum Gasteiger partial charge on any atom is -0.398 e. The third kappa shape index (κ3) is 2.30. The van der Waals surface area contributed by atoms with Crippen molar-refractivity contribution in [1.29, 1.82) is 0 Å². The highest BCUT2D eigenvalue weighted by Gasteiger charge is 2.52. The summed E-state index contributed by atoms with van der Waals surface area (Å²) in [6.45, 7) is 9.71. The van der Waals surface area contributed by atoms with Gasteiger partial charge in [0.05, 0.1) is 28.6 Å². The second kappa shape index (κ2) is 4.33. The number of aliphatic hydroxyl groups excluding tert-OH is 1. The summed E-state index contributed by atoms with van der Waals surface area (Å²) < 4.78 is 11.8. The fourth-order valence-electron chi connectivity index (χ4n) is 1.80. The van der Waals surface area contributed by atoms with E-state index in [2.05, 4.69) is 4.98 Å². The predicted octanol–water partition coefficient (Wildman–Crippen LogP) is 1.43. The second-order valence-electron chi connectivity index (χ2n) is 5.75. The van der Waals surface area contributed by atoms with Crippen LogP contribution in [0.2, 0.25) is 0 Å². The summed E-state index contributed by atoms with van der Waals surface area (Å²) in [6, 6.07) is 5.50. The summed E-state index contributed by atoms with van der Waals surface area (Å²) in [5.41, 5.74) is 0.578. The van der Waals surface area contributed by atoms with E-state index in [1.54, 1.807) is 13.0 Å². The Balaban J connectivity index is 2.27. The lowest BCUT2D eigenvalue weighted by atomic mass is 9.84. The van der Waals surface area contributed by atoms with Gasteiger partial charge in [-0.25, -0.2) is 0 Å². The molecule has 0 aliphatic carbocycles. The van der Waals surface area contributed by atoms with Gasteiger partial charge in [0.1, 0.15) is 0 Å². The smallest absolute Gasteiger partial charge is 0.398 e. The third-order valence-electron chi connectivity index (χ3n) is 3.71. The third-order valence-corrected chi connectivity index (χ3v) is 3.71. The first kappa shape index (κ1) is 13.5. The van der Waals surface area contributed by atoms with Crippen LogP contribution in [0.5, 0.6) is 0 Å². The lowest BCUT2D eigenvalue weighted by molar-refractivity contribution is 0.00578. The molecule has 1 aliphatic heterocycles. The SMILES string of the molecule is C[C@@H](O)c1cccc(B2OC(C)(C)C(C)(C)O2)n1. The molecule has 4 nitrogen and oxygen atoms in total. The second-order valence-corrected chi connectivity index (χ2v) is 5.75. The maximum absolute atomic E-state index is 9.55. The maximum atomic E-state index is 9.55. The van der Waals surface area contributed by atoms with Gasteiger partial charge in [-0.1, -0.05) is 6.07 Å². The molecule has 1 atom stereocenters. The van der Waals surface area contributed by atoms with Crippen molar-refractivity contribution in [2.75, 3.05) is 0 Å². The van der Waals surface area contributed by atoms with Crippen LogP contribution in [-0.2, 0) is 9.31 Å². The van der Waals surface area contributed by atoms with Gasteiger partial charge in [-0.2, -0.15) is 0 Å². The number of rotatable bonds is 2. The van der Waals surface area contributed by atoms with E-state index in [1.807, 2.05) is 39.8 Å². The van der Waals surface area contributed by atoms with E-state index in [0.717, 1.165) is 0 Å². The van der Waals surface area contributed by atoms with Gasteiger partial charge in [0.2, 0.25) is 0 Å². The first-order chi connectivity index (χ1) is 8.23. The molecule has 0 bridgehead atoms. The Morgan fingerprint density at radius 2 is 1.72 bits per heavy atom. The molecule has 0 saturated carbocycles. The number of aliphatic hydroxyl groups is 1. The molecule has 98 valence electrons. The summed E-state index contributed by atoms with van der Waals surface area (Å²) in [4.78, 5) is 4.39. The molecule has 1 aromatic rings. The lowest BCUT2D eigenvalue weighted by Gasteiger charge is -2.32. The highest BCUT2D eigenvalue weighted by molar-refractivity contribution is 6.61. The van der Waals surface area contributed by atoms with E-state index in [1.165, 1.54) is 0 Å². The van der Waals surface area contributed by atoms with Crippen LogP contribution in [0.25, 0.3) is 0 Å². The summed E-state index contributed by atoms with van der Waals surface area (Å²) in [5.74, 6) is 0. The van der Waals surface area contributed by atoms with Crippen LogP contribution in [0.4, 0.5) is 0 Å². The van der Waals surface area contributed by atoms with Crippen LogP contribution in [0.3, 0.4) is 0 Å². The highest BCUT2D eigenvalue weighted by Crippen LogP contribution is 2.36. The average Bonchev–Trinajstić information content (AvgIpc) is 2.48. The zero-order valence-corrected chi connectivity index (χ0v) is 11.6. The number of hydrogen-bond donors (Lipinski definition) is 1. The Hall–Kier alpha value is -0.905. The normalized spacial score (nSPS) is 23.1. The van der Waals surface area contributed by atoms with E-state index in [9.17, 15) is 5.11 Å². The van der Waals surface area contributed by atoms with E-state index in [0.29, 0.717) is 11.3 Å². The average molecular weight is 249 g/mol. The molecule has 1 aliphatic rings. The molecule has 0 spiro atoms. The molecule has 1 aromatic heterocycles. The first-order valence-electron chi connectivity index (χ1n) is 6.23. The molecular weight excluding hydrogens is 229 g/mol. The van der Waals surface area contributed by atoms with Gasteiger partial charge in [-0.3, -0.25) is 4.98 Å². The van der Waals surface area contributed by atoms with Gasteiger partial charge in [-0.15, -0.1) is 0 Å². The molecule has 2 heterocycles. The number of pyridine rings is 1. The number of aromatic nitrogens is 1. The zero-order valence-electron chi connectivity index (χ0n) is 11.6. The summed E-state index contributed by atoms with van der Waals surface area (Å²) in [7, 11) is -0.478. The Morgan fingerprint density at radius 1 is 1.17 bits per heavy atom. The van der Waals surface area contributed by atoms with Crippen molar-refractivity contribution in [3.05, 3.63) is 23.9 Å². The molecular formula is C13H20BNO3. The van der Waals surface area contributed by atoms with Crippen LogP contribution < -0.4 is 5.59 Å². The molecule has 1 N–H and O–H groups in total. The van der Waals surface area contributed by atoms with Gasteiger partial charge in [0, 0.05) is 0 Å². The number of hydrogen-bond acceptors (Lipinski definition) is 4. The van der Waals surface area contributed by atoms with Crippen LogP contribution in [0.15, 0.2) is 18.2 Å². The topological polar surface area (TPSA) is 51.6 Å². The van der Waals surface area contributed by atoms with Crippen LogP contribution in [0, 0.1) is 0 Å². The van der Waals surface area contributed by atoms with Crippen molar-refractivity contribution in [3.63, 3.8) is 0 Å². The fourth-order valence-corrected chi connectivity index (χ4v) is 1.80. The van der Waals surface area contributed by atoms with Crippen LogP contribution in [0.1, 0.15) is 46.4 Å². The molecule has 2 rings (SSSR count). The van der Waals surface area contributed by atoms with Gasteiger partial charge in [-0.05, 0) is 46.8 Å². The molecule has 1 fully saturated rings. The van der Waals surface area contributed by atoms with Gasteiger partial charge >= 0.3 is 7.12 Å². The van der Waals surface area contributed by atoms with Gasteiger partial charge < -0.3 is 14.4 Å². The van der Waals surface area contributed by atoms with Crippen molar-refractivity contribution in [1.82, 2.24) is 4.98 Å². The molecule has 18 heavy (non-hydrogen) atoms. The fraction of sp³-hybridized carbons (Fsp3) is 0.615. The summed E-state index contributed by atoms with van der Waals surface area (Å²) in [5, 5.41) is 9.55. The lowest BCUT2D eigenvalue weighted by Crippen LogP contribution is -2.41. The molecule has 1 saturated heterocycles. The van der Waals surface area contributed by atoms with E-state index < -0.39 is 13.2 Å². The minimum atomic E-state index is -0.590. The molecule has 0 unspecified atom stereocenters. The van der Waals surface area contributed by atoms with Crippen molar-refractivity contribution >= 4 is 12.7 Å². The van der Waals surface area contributed by atoms with Crippen LogP contribution >= 0.6 is 0 Å². The van der Waals surface area contributed by atoms with Gasteiger partial charge in [0.15, 0.2) is 0 Å².